The first-order valence-electron chi connectivity index (χ1n) is 5.77. The van der Waals surface area contributed by atoms with E-state index in [4.69, 9.17) is 0 Å². The summed E-state index contributed by atoms with van der Waals surface area (Å²) < 4.78 is 0. The number of nitrogens with one attached hydrogen (secondary N) is 2. The van der Waals surface area contributed by atoms with Gasteiger partial charge in [0.25, 0.3) is 0 Å². The van der Waals surface area contributed by atoms with Crippen LogP contribution in [0.1, 0.15) is 12.5 Å². The first-order valence-corrected chi connectivity index (χ1v) is 7.06. The number of nitrogens with zero attached hydrogens (tertiary/aromatic N) is 1. The molecular weight excluding hydrogens is 230 g/mol. The smallest absolute Gasteiger partial charge is 0.191 e. The van der Waals surface area contributed by atoms with Crippen molar-refractivity contribution in [2.75, 3.05) is 19.8 Å². The number of aliphatic imine (C=N–C) groups is 1. The molecular formula is C13H21N3S. The summed E-state index contributed by atoms with van der Waals surface area (Å²) in [6.45, 7) is 3.92. The van der Waals surface area contributed by atoms with Gasteiger partial charge in [-0.15, -0.1) is 0 Å². The minimum Gasteiger partial charge on any atom is -0.355 e. The molecule has 0 aliphatic carbocycles. The lowest BCUT2D eigenvalue weighted by atomic mass is 10.2. The van der Waals surface area contributed by atoms with Crippen LogP contribution in [-0.4, -0.2) is 31.1 Å². The molecule has 0 fully saturated rings. The van der Waals surface area contributed by atoms with Crippen LogP contribution >= 0.6 is 11.8 Å². The third kappa shape index (κ3) is 5.63. The van der Waals surface area contributed by atoms with E-state index in [-0.39, 0.29) is 0 Å². The van der Waals surface area contributed by atoms with E-state index in [1.807, 2.05) is 30.0 Å². The van der Waals surface area contributed by atoms with Crippen molar-refractivity contribution >= 4 is 17.7 Å². The molecule has 4 heteroatoms. The Morgan fingerprint density at radius 2 is 2.00 bits per heavy atom. The number of rotatable bonds is 5. The second-order valence-electron chi connectivity index (χ2n) is 3.84. The van der Waals surface area contributed by atoms with E-state index in [1.54, 1.807) is 7.05 Å². The van der Waals surface area contributed by atoms with Crippen LogP contribution < -0.4 is 10.6 Å². The van der Waals surface area contributed by atoms with E-state index in [0.29, 0.717) is 5.25 Å². The van der Waals surface area contributed by atoms with Crippen LogP contribution in [0.3, 0.4) is 0 Å². The van der Waals surface area contributed by atoms with Gasteiger partial charge in [-0.3, -0.25) is 4.99 Å². The number of hydrogen-bond donors (Lipinski definition) is 2. The molecule has 1 atom stereocenters. The Kier molecular flexibility index (Phi) is 6.55. The fourth-order valence-corrected chi connectivity index (χ4v) is 1.58. The van der Waals surface area contributed by atoms with Crippen molar-refractivity contribution in [3.8, 4) is 0 Å². The zero-order valence-electron chi connectivity index (χ0n) is 10.7. The predicted octanol–water partition coefficient (Wildman–Crippen LogP) is 2.10. The summed E-state index contributed by atoms with van der Waals surface area (Å²) >= 11 is 1.85. The van der Waals surface area contributed by atoms with Crippen LogP contribution in [0.5, 0.6) is 0 Å². The third-order valence-electron chi connectivity index (χ3n) is 2.49. The minimum atomic E-state index is 0.588. The molecule has 1 aromatic rings. The third-order valence-corrected chi connectivity index (χ3v) is 3.46. The minimum absolute atomic E-state index is 0.588. The van der Waals surface area contributed by atoms with E-state index in [9.17, 15) is 0 Å². The molecule has 0 radical (unpaired) electrons. The summed E-state index contributed by atoms with van der Waals surface area (Å²) in [4.78, 5) is 4.19. The zero-order chi connectivity index (χ0) is 12.5. The van der Waals surface area contributed by atoms with Crippen molar-refractivity contribution in [1.82, 2.24) is 10.6 Å². The second-order valence-corrected chi connectivity index (χ2v) is 5.11. The quantitative estimate of drug-likeness (QED) is 0.621. The Labute approximate surface area is 108 Å². The molecule has 0 bridgehead atoms. The lowest BCUT2D eigenvalue weighted by molar-refractivity contribution is 0.791. The fourth-order valence-electron chi connectivity index (χ4n) is 1.33. The van der Waals surface area contributed by atoms with E-state index >= 15 is 0 Å². The summed E-state index contributed by atoms with van der Waals surface area (Å²) in [7, 11) is 1.80. The molecule has 94 valence electrons. The standard InChI is InChI=1S/C13H21N3S/c1-11(17-3)9-15-13(14-2)16-10-12-7-5-4-6-8-12/h4-8,11H,9-10H2,1-3H3,(H2,14,15,16). The average molecular weight is 251 g/mol. The van der Waals surface area contributed by atoms with Crippen molar-refractivity contribution in [3.05, 3.63) is 35.9 Å². The van der Waals surface area contributed by atoms with Crippen LogP contribution in [0, 0.1) is 0 Å². The van der Waals surface area contributed by atoms with Crippen LogP contribution in [0.4, 0.5) is 0 Å². The lowest BCUT2D eigenvalue weighted by Crippen LogP contribution is -2.39. The van der Waals surface area contributed by atoms with Gasteiger partial charge in [0.15, 0.2) is 5.96 Å². The van der Waals surface area contributed by atoms with E-state index in [1.165, 1.54) is 5.56 Å². The zero-order valence-corrected chi connectivity index (χ0v) is 11.6. The Morgan fingerprint density at radius 1 is 1.29 bits per heavy atom. The lowest BCUT2D eigenvalue weighted by Gasteiger charge is -2.14. The van der Waals surface area contributed by atoms with Gasteiger partial charge < -0.3 is 10.6 Å². The van der Waals surface area contributed by atoms with Crippen LogP contribution in [0.15, 0.2) is 35.3 Å². The predicted molar refractivity (Wildman–Crippen MR) is 77.6 cm³/mol. The summed E-state index contributed by atoms with van der Waals surface area (Å²) in [5, 5.41) is 7.19. The number of thioether (sulfide) groups is 1. The molecule has 17 heavy (non-hydrogen) atoms. The molecule has 1 aromatic carbocycles. The van der Waals surface area contributed by atoms with Crippen molar-refractivity contribution < 1.29 is 0 Å². The highest BCUT2D eigenvalue weighted by atomic mass is 32.2. The fraction of sp³-hybridized carbons (Fsp3) is 0.462. The SMILES string of the molecule is CN=C(NCc1ccccc1)NCC(C)SC. The highest BCUT2D eigenvalue weighted by molar-refractivity contribution is 7.99. The van der Waals surface area contributed by atoms with Gasteiger partial charge in [-0.2, -0.15) is 11.8 Å². The second kappa shape index (κ2) is 8.01. The molecule has 1 rings (SSSR count). The van der Waals surface area contributed by atoms with Gasteiger partial charge in [0.2, 0.25) is 0 Å². The van der Waals surface area contributed by atoms with E-state index < -0.39 is 0 Å². The van der Waals surface area contributed by atoms with E-state index in [0.717, 1.165) is 19.0 Å². The van der Waals surface area contributed by atoms with Crippen molar-refractivity contribution in [2.24, 2.45) is 4.99 Å². The highest BCUT2D eigenvalue weighted by Gasteiger charge is 2.01. The monoisotopic (exact) mass is 251 g/mol. The van der Waals surface area contributed by atoms with Crippen molar-refractivity contribution in [1.29, 1.82) is 0 Å². The summed E-state index contributed by atoms with van der Waals surface area (Å²) in [6.07, 6.45) is 2.12. The molecule has 0 aliphatic heterocycles. The maximum absolute atomic E-state index is 4.19. The maximum Gasteiger partial charge on any atom is 0.191 e. The van der Waals surface area contributed by atoms with Crippen molar-refractivity contribution in [2.45, 2.75) is 18.7 Å². The molecule has 0 amide bonds. The summed E-state index contributed by atoms with van der Waals surface area (Å²) in [6, 6.07) is 10.3. The Bertz CT molecular complexity index is 338. The van der Waals surface area contributed by atoms with Gasteiger partial charge in [0, 0.05) is 25.4 Å². The molecule has 0 saturated heterocycles. The first-order chi connectivity index (χ1) is 8.26. The number of guanidine groups is 1. The molecule has 3 nitrogen and oxygen atoms in total. The Morgan fingerprint density at radius 3 is 2.59 bits per heavy atom. The van der Waals surface area contributed by atoms with E-state index in [2.05, 4.69) is 40.9 Å². The van der Waals surface area contributed by atoms with Gasteiger partial charge in [0.05, 0.1) is 0 Å². The molecule has 0 heterocycles. The van der Waals surface area contributed by atoms with Gasteiger partial charge in [-0.1, -0.05) is 37.3 Å². The van der Waals surface area contributed by atoms with Crippen molar-refractivity contribution in [3.63, 3.8) is 0 Å². The van der Waals surface area contributed by atoms with Gasteiger partial charge in [0.1, 0.15) is 0 Å². The molecule has 0 spiro atoms. The molecule has 1 unspecified atom stereocenters. The summed E-state index contributed by atoms with van der Waals surface area (Å²) in [5.74, 6) is 0.856. The highest BCUT2D eigenvalue weighted by Crippen LogP contribution is 2.02. The Balaban J connectivity index is 2.33. The Hall–Kier alpha value is -1.16. The molecule has 0 aromatic heterocycles. The molecule has 0 saturated carbocycles. The van der Waals surface area contributed by atoms with Crippen LogP contribution in [0.2, 0.25) is 0 Å². The van der Waals surface area contributed by atoms with Gasteiger partial charge >= 0.3 is 0 Å². The van der Waals surface area contributed by atoms with Gasteiger partial charge in [-0.25, -0.2) is 0 Å². The van der Waals surface area contributed by atoms with Gasteiger partial charge in [-0.05, 0) is 11.8 Å². The van der Waals surface area contributed by atoms with Crippen LogP contribution in [-0.2, 0) is 6.54 Å². The number of hydrogen-bond acceptors (Lipinski definition) is 2. The summed E-state index contributed by atoms with van der Waals surface area (Å²) in [5.41, 5.74) is 1.26. The topological polar surface area (TPSA) is 36.4 Å². The largest absolute Gasteiger partial charge is 0.355 e. The average Bonchev–Trinajstić information content (AvgIpc) is 2.39. The maximum atomic E-state index is 4.19. The number of benzene rings is 1. The molecule has 0 aliphatic rings. The van der Waals surface area contributed by atoms with Crippen LogP contribution in [0.25, 0.3) is 0 Å². The normalized spacial score (nSPS) is 13.2. The first kappa shape index (κ1) is 13.9. The molecule has 2 N–H and O–H groups in total.